The molecule has 4 aromatic rings. The fraction of sp³-hybridized carbons (Fsp3) is 0.167. The van der Waals surface area contributed by atoms with Crippen molar-refractivity contribution in [2.75, 3.05) is 16.4 Å². The average Bonchev–Trinajstić information content (AvgIpc) is 3.60. The van der Waals surface area contributed by atoms with Crippen LogP contribution in [-0.2, 0) is 6.18 Å². The third-order valence-electron chi connectivity index (χ3n) is 5.86. The number of nitrogens with zero attached hydrogens (tertiary/aromatic N) is 3. The fourth-order valence-electron chi connectivity index (χ4n) is 3.92. The number of urea groups is 1. The van der Waals surface area contributed by atoms with Gasteiger partial charge in [-0.15, -0.1) is 0 Å². The Morgan fingerprint density at radius 1 is 1.00 bits per heavy atom. The van der Waals surface area contributed by atoms with Gasteiger partial charge in [0.1, 0.15) is 23.5 Å². The van der Waals surface area contributed by atoms with Crippen LogP contribution in [0.25, 0.3) is 16.6 Å². The van der Waals surface area contributed by atoms with Gasteiger partial charge in [0.15, 0.2) is 11.6 Å². The molecule has 0 radical (unpaired) electrons. The van der Waals surface area contributed by atoms with E-state index >= 15 is 4.39 Å². The number of ketones is 1. The maximum absolute atomic E-state index is 15.0. The Bertz CT molecular complexity index is 1560. The molecule has 13 heteroatoms. The van der Waals surface area contributed by atoms with Crippen LogP contribution in [0.1, 0.15) is 28.8 Å². The molecule has 5 rings (SSSR count). The standard InChI is InChI=1S/C24H17F5N6O2/c25-15-5-4-13(24(27,28)29)8-18(15)34-23(37)33-17-6-3-12(7-16(17)26)19-14(21(36)11-1-2-11)9-35-20(19)22(30)31-10-32-35/h3-11H,1-2H2,(H2,30,31,32)(H2,33,34,37). The van der Waals surface area contributed by atoms with E-state index in [2.05, 4.69) is 15.4 Å². The molecule has 1 saturated carbocycles. The summed E-state index contributed by atoms with van der Waals surface area (Å²) in [6.45, 7) is 0. The molecule has 2 heterocycles. The minimum atomic E-state index is -4.75. The molecular formula is C24H17F5N6O2. The van der Waals surface area contributed by atoms with Crippen molar-refractivity contribution in [3.05, 3.63) is 71.7 Å². The zero-order valence-corrected chi connectivity index (χ0v) is 18.7. The number of amides is 2. The van der Waals surface area contributed by atoms with Crippen LogP contribution in [-0.4, -0.2) is 26.4 Å². The number of nitrogens with two attached hydrogens (primary N) is 1. The first kappa shape index (κ1) is 24.2. The lowest BCUT2D eigenvalue weighted by Crippen LogP contribution is -2.21. The largest absolute Gasteiger partial charge is 0.416 e. The molecule has 190 valence electrons. The molecule has 0 unspecified atom stereocenters. The number of hydrogen-bond acceptors (Lipinski definition) is 5. The van der Waals surface area contributed by atoms with Gasteiger partial charge in [-0.2, -0.15) is 18.3 Å². The van der Waals surface area contributed by atoms with Crippen molar-refractivity contribution >= 4 is 34.5 Å². The van der Waals surface area contributed by atoms with Gasteiger partial charge in [0.2, 0.25) is 0 Å². The van der Waals surface area contributed by atoms with Gasteiger partial charge >= 0.3 is 12.2 Å². The Kier molecular flexibility index (Phi) is 5.77. The summed E-state index contributed by atoms with van der Waals surface area (Å²) in [7, 11) is 0. The van der Waals surface area contributed by atoms with E-state index < -0.39 is 35.1 Å². The molecule has 0 atom stereocenters. The Labute approximate surface area is 205 Å². The maximum atomic E-state index is 15.0. The Morgan fingerprint density at radius 3 is 2.41 bits per heavy atom. The van der Waals surface area contributed by atoms with Crippen molar-refractivity contribution in [2.24, 2.45) is 5.92 Å². The summed E-state index contributed by atoms with van der Waals surface area (Å²) in [4.78, 5) is 29.1. The van der Waals surface area contributed by atoms with E-state index in [1.54, 1.807) is 0 Å². The predicted molar refractivity (Wildman–Crippen MR) is 124 cm³/mol. The summed E-state index contributed by atoms with van der Waals surface area (Å²) in [6, 6.07) is 4.04. The molecule has 8 nitrogen and oxygen atoms in total. The first-order chi connectivity index (χ1) is 17.5. The number of alkyl halides is 3. The summed E-state index contributed by atoms with van der Waals surface area (Å²) in [5.74, 6) is -2.23. The quantitative estimate of drug-likeness (QED) is 0.239. The molecule has 1 fully saturated rings. The van der Waals surface area contributed by atoms with Crippen molar-refractivity contribution in [2.45, 2.75) is 19.0 Å². The summed E-state index contributed by atoms with van der Waals surface area (Å²) in [5.41, 5.74) is 4.98. The lowest BCUT2D eigenvalue weighted by Gasteiger charge is -2.13. The average molecular weight is 516 g/mol. The van der Waals surface area contributed by atoms with Crippen LogP contribution < -0.4 is 16.4 Å². The van der Waals surface area contributed by atoms with Gasteiger partial charge < -0.3 is 16.4 Å². The highest BCUT2D eigenvalue weighted by Gasteiger charge is 2.34. The van der Waals surface area contributed by atoms with E-state index in [4.69, 9.17) is 5.73 Å². The van der Waals surface area contributed by atoms with E-state index in [1.165, 1.54) is 29.2 Å². The van der Waals surface area contributed by atoms with Crippen LogP contribution in [0.5, 0.6) is 0 Å². The van der Waals surface area contributed by atoms with Crippen molar-refractivity contribution in [1.82, 2.24) is 14.6 Å². The number of nitrogen functional groups attached to an aromatic ring is 1. The highest BCUT2D eigenvalue weighted by molar-refractivity contribution is 6.10. The molecule has 0 aliphatic heterocycles. The zero-order chi connectivity index (χ0) is 26.5. The van der Waals surface area contributed by atoms with Crippen LogP contribution in [0.3, 0.4) is 0 Å². The Morgan fingerprint density at radius 2 is 1.73 bits per heavy atom. The number of nitrogens with one attached hydrogen (secondary N) is 2. The second-order valence-electron chi connectivity index (χ2n) is 8.46. The molecule has 0 saturated heterocycles. The Balaban J connectivity index is 1.44. The summed E-state index contributed by atoms with van der Waals surface area (Å²) in [6.07, 6.45) is -0.545. The second kappa shape index (κ2) is 8.84. The highest BCUT2D eigenvalue weighted by Crippen LogP contribution is 2.40. The monoisotopic (exact) mass is 516 g/mol. The van der Waals surface area contributed by atoms with E-state index in [0.717, 1.165) is 18.9 Å². The van der Waals surface area contributed by atoms with Crippen molar-refractivity contribution in [1.29, 1.82) is 0 Å². The molecule has 1 aliphatic carbocycles. The number of benzene rings is 2. The minimum Gasteiger partial charge on any atom is -0.382 e. The maximum Gasteiger partial charge on any atom is 0.416 e. The highest BCUT2D eigenvalue weighted by atomic mass is 19.4. The van der Waals surface area contributed by atoms with Crippen LogP contribution >= 0.6 is 0 Å². The van der Waals surface area contributed by atoms with Gasteiger partial charge in [-0.05, 0) is 48.7 Å². The van der Waals surface area contributed by atoms with Gasteiger partial charge in [0.25, 0.3) is 0 Å². The Hall–Kier alpha value is -4.55. The van der Waals surface area contributed by atoms with E-state index in [9.17, 15) is 27.2 Å². The van der Waals surface area contributed by atoms with E-state index in [1.807, 2.05) is 5.32 Å². The van der Waals surface area contributed by atoms with Crippen LogP contribution in [0, 0.1) is 17.6 Å². The third-order valence-corrected chi connectivity index (χ3v) is 5.86. The lowest BCUT2D eigenvalue weighted by molar-refractivity contribution is -0.137. The van der Waals surface area contributed by atoms with Gasteiger partial charge in [-0.1, -0.05) is 6.07 Å². The van der Waals surface area contributed by atoms with Gasteiger partial charge in [0, 0.05) is 23.2 Å². The van der Waals surface area contributed by atoms with Crippen molar-refractivity contribution < 1.29 is 31.5 Å². The normalized spacial score (nSPS) is 13.5. The number of carbonyl (C=O) groups excluding carboxylic acids is 2. The summed E-state index contributed by atoms with van der Waals surface area (Å²) in [5, 5.41) is 8.15. The van der Waals surface area contributed by atoms with E-state index in [-0.39, 0.29) is 28.8 Å². The van der Waals surface area contributed by atoms with Crippen molar-refractivity contribution in [3.63, 3.8) is 0 Å². The number of Topliss-reactive ketones (excluding diaryl/α,β-unsaturated/α-hetero) is 1. The zero-order valence-electron chi connectivity index (χ0n) is 18.7. The van der Waals surface area contributed by atoms with Gasteiger partial charge in [-0.3, -0.25) is 4.79 Å². The summed E-state index contributed by atoms with van der Waals surface area (Å²) < 4.78 is 69.0. The SMILES string of the molecule is Nc1ncnn2cc(C(=O)C3CC3)c(-c3ccc(NC(=O)Nc4cc(C(F)(F)F)ccc4F)c(F)c3)c12. The molecule has 0 bridgehead atoms. The minimum absolute atomic E-state index is 0.0740. The molecule has 2 aromatic heterocycles. The number of fused-ring (bicyclic) bond motifs is 1. The molecule has 0 spiro atoms. The van der Waals surface area contributed by atoms with Gasteiger partial charge in [-0.25, -0.2) is 23.1 Å². The molecule has 37 heavy (non-hydrogen) atoms. The van der Waals surface area contributed by atoms with Crippen LogP contribution in [0.15, 0.2) is 48.9 Å². The second-order valence-corrected chi connectivity index (χ2v) is 8.46. The topological polar surface area (TPSA) is 114 Å². The smallest absolute Gasteiger partial charge is 0.382 e. The van der Waals surface area contributed by atoms with Crippen LogP contribution in [0.4, 0.5) is 43.9 Å². The molecular weight excluding hydrogens is 499 g/mol. The summed E-state index contributed by atoms with van der Waals surface area (Å²) >= 11 is 0. The predicted octanol–water partition coefficient (Wildman–Crippen LogP) is 5.51. The van der Waals surface area contributed by atoms with E-state index in [0.29, 0.717) is 34.8 Å². The number of aromatic nitrogens is 3. The first-order valence-electron chi connectivity index (χ1n) is 10.9. The number of anilines is 3. The molecule has 1 aliphatic rings. The number of halogens is 5. The third kappa shape index (κ3) is 4.67. The van der Waals surface area contributed by atoms with Gasteiger partial charge in [0.05, 0.1) is 16.9 Å². The molecule has 4 N–H and O–H groups in total. The number of rotatable bonds is 5. The number of carbonyl (C=O) groups is 2. The molecule has 2 amide bonds. The van der Waals surface area contributed by atoms with Crippen LogP contribution in [0.2, 0.25) is 0 Å². The first-order valence-corrected chi connectivity index (χ1v) is 10.9. The molecule has 2 aromatic carbocycles. The van der Waals surface area contributed by atoms with Crippen molar-refractivity contribution in [3.8, 4) is 11.1 Å². The lowest BCUT2D eigenvalue weighted by atomic mass is 9.98. The number of hydrogen-bond donors (Lipinski definition) is 3. The fourth-order valence-corrected chi connectivity index (χ4v) is 3.92.